The third kappa shape index (κ3) is 2.95. The van der Waals surface area contributed by atoms with Gasteiger partial charge in [0.25, 0.3) is 0 Å². The molecule has 2 N–H and O–H groups in total. The summed E-state index contributed by atoms with van der Waals surface area (Å²) >= 11 is 0. The Hall–Kier alpha value is -1.80. The van der Waals surface area contributed by atoms with Crippen LogP contribution in [0.2, 0.25) is 0 Å². The zero-order valence-corrected chi connectivity index (χ0v) is 14.1. The lowest BCUT2D eigenvalue weighted by Gasteiger charge is -2.29. The first-order chi connectivity index (χ1) is 11.6. The van der Waals surface area contributed by atoms with Gasteiger partial charge >= 0.3 is 0 Å². The molecule has 1 spiro atoms. The standard InChI is InChI=1S/C17H20N4O2S/c22-24(23)16-4-2-1-3-15(16)19-12-17(20-24)7-10-21(13-17)11-14-5-8-18-9-6-14/h1-6,8-9,19H,7,10-13H2,(H-,20,22,23). The first-order valence-electron chi connectivity index (χ1n) is 8.05. The van der Waals surface area contributed by atoms with E-state index in [-0.39, 0.29) is 0 Å². The van der Waals surface area contributed by atoms with Gasteiger partial charge in [-0.25, -0.2) is 0 Å². The summed E-state index contributed by atoms with van der Waals surface area (Å²) in [6.45, 7) is 2.95. The number of pyridine rings is 1. The predicted octanol–water partition coefficient (Wildman–Crippen LogP) is 1.65. The van der Waals surface area contributed by atoms with Gasteiger partial charge in [0.1, 0.15) is 0 Å². The number of nitrogens with one attached hydrogen (secondary N) is 2. The average Bonchev–Trinajstić information content (AvgIpc) is 2.91. The molecule has 2 aromatic rings. The first-order valence-corrected chi connectivity index (χ1v) is 9.53. The van der Waals surface area contributed by atoms with E-state index in [2.05, 4.69) is 19.9 Å². The van der Waals surface area contributed by atoms with E-state index in [0.29, 0.717) is 23.7 Å². The minimum absolute atomic E-state index is 0.328. The maximum atomic E-state index is 12.7. The van der Waals surface area contributed by atoms with Crippen LogP contribution in [0.25, 0.3) is 0 Å². The lowest BCUT2D eigenvalue weighted by atomic mass is 10.00. The summed E-state index contributed by atoms with van der Waals surface area (Å²) in [6, 6.07) is 11.1. The first kappa shape index (κ1) is 15.7. The van der Waals surface area contributed by atoms with Crippen molar-refractivity contribution in [2.24, 2.45) is 0 Å². The summed E-state index contributed by atoms with van der Waals surface area (Å²) in [6.07, 6.45) is 4.36. The molecule has 24 heavy (non-hydrogen) atoms. The Morgan fingerprint density at radius 2 is 2.04 bits per heavy atom. The second-order valence-corrected chi connectivity index (χ2v) is 8.20. The predicted molar refractivity (Wildman–Crippen MR) is 92.0 cm³/mol. The lowest BCUT2D eigenvalue weighted by Crippen LogP contribution is -2.55. The Labute approximate surface area is 142 Å². The molecule has 1 aromatic heterocycles. The molecule has 3 heterocycles. The van der Waals surface area contributed by atoms with E-state index in [0.717, 1.165) is 19.5 Å². The molecule has 2 atom stereocenters. The number of sulfonamides is 1. The van der Waals surface area contributed by atoms with Crippen LogP contribution in [0.1, 0.15) is 12.0 Å². The van der Waals surface area contributed by atoms with E-state index in [1.807, 2.05) is 24.3 Å². The monoisotopic (exact) mass is 344 g/mol. The maximum absolute atomic E-state index is 12.7. The van der Waals surface area contributed by atoms with Crippen LogP contribution in [0.3, 0.4) is 0 Å². The minimum atomic E-state index is -3.52. The van der Waals surface area contributed by atoms with Crippen LogP contribution in [-0.4, -0.2) is 39.6 Å². The van der Waals surface area contributed by atoms with E-state index in [1.165, 1.54) is 5.56 Å². The van der Waals surface area contributed by atoms with Crippen LogP contribution in [0.4, 0.5) is 5.69 Å². The highest BCUT2D eigenvalue weighted by molar-refractivity contribution is 7.96. The average molecular weight is 344 g/mol. The highest BCUT2D eigenvalue weighted by Gasteiger charge is 2.46. The number of nitrogens with zero attached hydrogens (tertiary/aromatic N) is 2. The number of anilines is 1. The summed E-state index contributed by atoms with van der Waals surface area (Å²) < 4.78 is 28.4. The number of likely N-dealkylation sites (tertiary alicyclic amines) is 1. The van der Waals surface area contributed by atoms with E-state index < -0.39 is 15.9 Å². The van der Waals surface area contributed by atoms with Crippen LogP contribution in [-0.2, 0) is 21.2 Å². The molecule has 4 rings (SSSR count). The fourth-order valence-corrected chi connectivity index (χ4v) is 5.16. The molecule has 126 valence electrons. The highest BCUT2D eigenvalue weighted by atomic mass is 32.3. The van der Waals surface area contributed by atoms with Crippen LogP contribution in [0.5, 0.6) is 0 Å². The van der Waals surface area contributed by atoms with Gasteiger partial charge in [0.15, 0.2) is 15.3 Å². The zero-order valence-electron chi connectivity index (χ0n) is 13.3. The van der Waals surface area contributed by atoms with Crippen LogP contribution < -0.4 is 10.0 Å². The van der Waals surface area contributed by atoms with Crippen molar-refractivity contribution < 1.29 is 8.76 Å². The summed E-state index contributed by atoms with van der Waals surface area (Å²) in [5.41, 5.74) is 1.40. The number of hydrogen-bond acceptors (Lipinski definition) is 5. The molecule has 2 aliphatic heterocycles. The molecule has 7 heteroatoms. The summed E-state index contributed by atoms with van der Waals surface area (Å²) in [5.74, 6) is 0. The molecule has 0 amide bonds. The van der Waals surface area contributed by atoms with E-state index >= 15 is 0 Å². The molecule has 6 nitrogen and oxygen atoms in total. The summed E-state index contributed by atoms with van der Waals surface area (Å²) in [4.78, 5) is 6.65. The molecule has 2 unspecified atom stereocenters. The number of rotatable bonds is 2. The topological polar surface area (TPSA) is 80.3 Å². The van der Waals surface area contributed by atoms with Crippen molar-refractivity contribution in [2.75, 3.05) is 25.0 Å². The Morgan fingerprint density at radius 3 is 2.88 bits per heavy atom. The fraction of sp³-hybridized carbons (Fsp3) is 0.353. The Balaban J connectivity index is 1.54. The number of hydrogen-bond donors (Lipinski definition) is 2. The maximum Gasteiger partial charge on any atom is 0.198 e. The van der Waals surface area contributed by atoms with E-state index in [1.54, 1.807) is 24.5 Å². The Bertz CT molecular complexity index is 785. The molecule has 0 aliphatic carbocycles. The molecule has 1 fully saturated rings. The molecular weight excluding hydrogens is 324 g/mol. The minimum Gasteiger partial charge on any atom is -0.593 e. The van der Waals surface area contributed by atoms with Gasteiger partial charge in [-0.3, -0.25) is 9.88 Å². The smallest absolute Gasteiger partial charge is 0.198 e. The van der Waals surface area contributed by atoms with Gasteiger partial charge < -0.3 is 9.87 Å². The van der Waals surface area contributed by atoms with Crippen molar-refractivity contribution in [3.8, 4) is 0 Å². The van der Waals surface area contributed by atoms with Crippen molar-refractivity contribution in [3.05, 3.63) is 54.4 Å². The van der Waals surface area contributed by atoms with Gasteiger partial charge in [0.05, 0.1) is 11.2 Å². The van der Waals surface area contributed by atoms with Gasteiger partial charge in [-0.15, -0.1) is 4.72 Å². The Morgan fingerprint density at radius 1 is 1.25 bits per heavy atom. The molecule has 0 radical (unpaired) electrons. The second-order valence-electron chi connectivity index (χ2n) is 6.55. The summed E-state index contributed by atoms with van der Waals surface area (Å²) in [5, 5.41) is 3.32. The number of fused-ring (bicyclic) bond motifs is 1. The highest BCUT2D eigenvalue weighted by Crippen LogP contribution is 2.33. The molecule has 1 saturated heterocycles. The van der Waals surface area contributed by atoms with Crippen molar-refractivity contribution >= 4 is 16.1 Å². The van der Waals surface area contributed by atoms with Gasteiger partial charge in [-0.05, 0) is 36.2 Å². The normalized spacial score (nSPS) is 29.9. The van der Waals surface area contributed by atoms with Gasteiger partial charge in [0.2, 0.25) is 0 Å². The van der Waals surface area contributed by atoms with Crippen molar-refractivity contribution in [2.45, 2.75) is 23.4 Å². The van der Waals surface area contributed by atoms with Gasteiger partial charge in [-0.1, -0.05) is 16.3 Å². The third-order valence-corrected chi connectivity index (χ3v) is 6.37. The second kappa shape index (κ2) is 5.93. The summed E-state index contributed by atoms with van der Waals surface area (Å²) in [7, 11) is -3.52. The van der Waals surface area contributed by atoms with E-state index in [9.17, 15) is 8.76 Å². The van der Waals surface area contributed by atoms with Crippen molar-refractivity contribution in [1.82, 2.24) is 14.6 Å². The van der Waals surface area contributed by atoms with Gasteiger partial charge in [0, 0.05) is 38.6 Å². The number of aromatic nitrogens is 1. The molecule has 2 aliphatic rings. The van der Waals surface area contributed by atoms with Gasteiger partial charge in [-0.2, -0.15) is 0 Å². The lowest BCUT2D eigenvalue weighted by molar-refractivity contribution is 0.296. The molecule has 1 aromatic carbocycles. The van der Waals surface area contributed by atoms with Crippen LogP contribution in [0, 0.1) is 0 Å². The molecular formula is C17H20N4O2S. The fourth-order valence-electron chi connectivity index (χ4n) is 3.55. The SMILES string of the molecule is O=[S+]1([O-])NC2(CCN(Cc3ccncc3)C2)CNc2ccccc21. The van der Waals surface area contributed by atoms with Crippen LogP contribution in [0.15, 0.2) is 53.7 Å². The zero-order chi connectivity index (χ0) is 16.6. The van der Waals surface area contributed by atoms with Crippen molar-refractivity contribution in [3.63, 3.8) is 0 Å². The Kier molecular flexibility index (Phi) is 3.88. The van der Waals surface area contributed by atoms with E-state index in [4.69, 9.17) is 0 Å². The quantitative estimate of drug-likeness (QED) is 0.810. The molecule has 0 saturated carbocycles. The largest absolute Gasteiger partial charge is 0.593 e. The van der Waals surface area contributed by atoms with Crippen molar-refractivity contribution in [1.29, 1.82) is 0 Å². The third-order valence-electron chi connectivity index (χ3n) is 4.73. The number of para-hydroxylation sites is 1. The molecule has 0 bridgehead atoms. The number of benzene rings is 1. The van der Waals surface area contributed by atoms with Crippen LogP contribution >= 0.6 is 0 Å².